The molecule has 0 saturated carbocycles. The standard InChI is InChI=1S/C27H30F3N7O2/c1-18-4-5-19(10-25(18)37(32)16-24(31)20-14-33-17-34-15-20)26(38)35-22-11-21(27(28,29)30)12-23(13-22)39-9-8-36-6-2-3-7-36/h4-5,10-17H,2-3,6-9,31-32H2,1H3,(H,35,38)/b24-16-. The molecule has 9 nitrogen and oxygen atoms in total. The fourth-order valence-electron chi connectivity index (χ4n) is 4.19. The van der Waals surface area contributed by atoms with Gasteiger partial charge in [-0.1, -0.05) is 6.07 Å². The number of nitrogens with one attached hydrogen (secondary N) is 1. The topological polar surface area (TPSA) is 123 Å². The monoisotopic (exact) mass is 541 g/mol. The zero-order valence-electron chi connectivity index (χ0n) is 21.4. The number of anilines is 2. The minimum absolute atomic E-state index is 0.0301. The first kappa shape index (κ1) is 27.9. The molecule has 2 heterocycles. The molecular weight excluding hydrogens is 511 g/mol. The van der Waals surface area contributed by atoms with E-state index in [2.05, 4.69) is 20.2 Å². The molecule has 12 heteroatoms. The number of ether oxygens (including phenoxy) is 1. The largest absolute Gasteiger partial charge is 0.492 e. The second-order valence-electron chi connectivity index (χ2n) is 9.22. The number of nitrogens with two attached hydrogens (primary N) is 2. The fourth-order valence-corrected chi connectivity index (χ4v) is 4.19. The predicted octanol–water partition coefficient (Wildman–Crippen LogP) is 4.17. The summed E-state index contributed by atoms with van der Waals surface area (Å²) in [5, 5.41) is 3.80. The molecule has 0 atom stereocenters. The molecule has 1 saturated heterocycles. The Labute approximate surface area is 224 Å². The fraction of sp³-hybridized carbons (Fsp3) is 0.296. The van der Waals surface area contributed by atoms with Gasteiger partial charge >= 0.3 is 6.18 Å². The lowest BCUT2D eigenvalue weighted by atomic mass is 10.1. The molecule has 1 aliphatic heterocycles. The van der Waals surface area contributed by atoms with Crippen molar-refractivity contribution in [1.82, 2.24) is 14.9 Å². The Kier molecular flexibility index (Phi) is 8.67. The smallest absolute Gasteiger partial charge is 0.416 e. The number of carbonyl (C=O) groups is 1. The molecule has 206 valence electrons. The maximum Gasteiger partial charge on any atom is 0.416 e. The predicted molar refractivity (Wildman–Crippen MR) is 143 cm³/mol. The first-order valence-electron chi connectivity index (χ1n) is 12.4. The van der Waals surface area contributed by atoms with Crippen molar-refractivity contribution in [3.63, 3.8) is 0 Å². The number of benzene rings is 2. The second kappa shape index (κ2) is 12.1. The van der Waals surface area contributed by atoms with Crippen molar-refractivity contribution >= 4 is 23.0 Å². The van der Waals surface area contributed by atoms with Crippen LogP contribution in [0.1, 0.15) is 39.9 Å². The van der Waals surface area contributed by atoms with E-state index in [0.29, 0.717) is 23.5 Å². The number of carbonyl (C=O) groups excluding carboxylic acids is 1. The minimum atomic E-state index is -4.61. The van der Waals surface area contributed by atoms with E-state index < -0.39 is 17.6 Å². The zero-order valence-corrected chi connectivity index (χ0v) is 21.4. The molecule has 3 aromatic rings. The van der Waals surface area contributed by atoms with Crippen LogP contribution in [0.5, 0.6) is 5.75 Å². The third-order valence-electron chi connectivity index (χ3n) is 6.29. The summed E-state index contributed by atoms with van der Waals surface area (Å²) in [6.45, 7) is 4.57. The minimum Gasteiger partial charge on any atom is -0.492 e. The maximum atomic E-state index is 13.6. The van der Waals surface area contributed by atoms with Crippen LogP contribution < -0.4 is 26.6 Å². The van der Waals surface area contributed by atoms with Crippen LogP contribution in [0.3, 0.4) is 0 Å². The number of aryl methyl sites for hydroxylation is 1. The van der Waals surface area contributed by atoms with Crippen molar-refractivity contribution in [3.05, 3.63) is 83.6 Å². The third-order valence-corrected chi connectivity index (χ3v) is 6.29. The SMILES string of the molecule is Cc1ccc(C(=O)Nc2cc(OCCN3CCCC3)cc(C(F)(F)F)c2)cc1N(N)/C=C(\N)c1cncnc1. The normalized spacial score (nSPS) is 14.3. The van der Waals surface area contributed by atoms with Crippen molar-refractivity contribution in [2.24, 2.45) is 11.6 Å². The van der Waals surface area contributed by atoms with Crippen molar-refractivity contribution in [1.29, 1.82) is 0 Å². The molecule has 4 rings (SSSR count). The van der Waals surface area contributed by atoms with Crippen LogP contribution in [0.4, 0.5) is 24.5 Å². The van der Waals surface area contributed by atoms with Crippen molar-refractivity contribution in [2.45, 2.75) is 25.9 Å². The van der Waals surface area contributed by atoms with E-state index in [1.807, 2.05) is 0 Å². The van der Waals surface area contributed by atoms with Gasteiger partial charge in [-0.05, 0) is 62.7 Å². The quantitative estimate of drug-likeness (QED) is 0.273. The second-order valence-corrected chi connectivity index (χ2v) is 9.22. The number of hydrogen-bond acceptors (Lipinski definition) is 8. The van der Waals surface area contributed by atoms with Gasteiger partial charge in [0, 0.05) is 48.0 Å². The van der Waals surface area contributed by atoms with Gasteiger partial charge in [-0.15, -0.1) is 0 Å². The molecule has 0 radical (unpaired) electrons. The zero-order chi connectivity index (χ0) is 28.0. The van der Waals surface area contributed by atoms with Gasteiger partial charge in [0.25, 0.3) is 5.91 Å². The highest BCUT2D eigenvalue weighted by molar-refractivity contribution is 6.05. The molecule has 1 aliphatic rings. The Morgan fingerprint density at radius 1 is 1.13 bits per heavy atom. The summed E-state index contributed by atoms with van der Waals surface area (Å²) in [4.78, 5) is 23.1. The summed E-state index contributed by atoms with van der Waals surface area (Å²) in [5.74, 6) is 5.61. The Morgan fingerprint density at radius 3 is 2.54 bits per heavy atom. The molecule has 0 unspecified atom stereocenters. The van der Waals surface area contributed by atoms with E-state index in [1.165, 1.54) is 42.1 Å². The highest BCUT2D eigenvalue weighted by atomic mass is 19.4. The lowest BCUT2D eigenvalue weighted by Crippen LogP contribution is -2.27. The summed E-state index contributed by atoms with van der Waals surface area (Å²) >= 11 is 0. The van der Waals surface area contributed by atoms with Gasteiger partial charge in [-0.3, -0.25) is 14.7 Å². The molecule has 0 aliphatic carbocycles. The Morgan fingerprint density at radius 2 is 1.85 bits per heavy atom. The van der Waals surface area contributed by atoms with E-state index in [4.69, 9.17) is 16.3 Å². The van der Waals surface area contributed by atoms with Crippen LogP contribution in [0.2, 0.25) is 0 Å². The number of likely N-dealkylation sites (tertiary alicyclic amines) is 1. The van der Waals surface area contributed by atoms with Gasteiger partial charge in [0.15, 0.2) is 0 Å². The first-order valence-corrected chi connectivity index (χ1v) is 12.4. The van der Waals surface area contributed by atoms with Crippen LogP contribution in [0.25, 0.3) is 5.70 Å². The van der Waals surface area contributed by atoms with Crippen molar-refractivity contribution in [2.75, 3.05) is 36.6 Å². The van der Waals surface area contributed by atoms with Crippen molar-refractivity contribution in [3.8, 4) is 5.75 Å². The number of rotatable bonds is 9. The maximum absolute atomic E-state index is 13.6. The van der Waals surface area contributed by atoms with Crippen LogP contribution >= 0.6 is 0 Å². The number of nitrogens with zero attached hydrogens (tertiary/aromatic N) is 4. The highest BCUT2D eigenvalue weighted by Gasteiger charge is 2.32. The van der Waals surface area contributed by atoms with Gasteiger partial charge in [0.2, 0.25) is 0 Å². The van der Waals surface area contributed by atoms with Gasteiger partial charge in [0.05, 0.1) is 16.9 Å². The van der Waals surface area contributed by atoms with Gasteiger partial charge < -0.3 is 15.8 Å². The molecule has 1 fully saturated rings. The number of alkyl halides is 3. The highest BCUT2D eigenvalue weighted by Crippen LogP contribution is 2.34. The van der Waals surface area contributed by atoms with Gasteiger partial charge in [0.1, 0.15) is 18.7 Å². The van der Waals surface area contributed by atoms with Crippen LogP contribution in [0.15, 0.2) is 61.3 Å². The first-order chi connectivity index (χ1) is 18.6. The van der Waals surface area contributed by atoms with Crippen LogP contribution in [-0.4, -0.2) is 47.0 Å². The lowest BCUT2D eigenvalue weighted by molar-refractivity contribution is -0.137. The molecule has 1 amide bonds. The Balaban J connectivity index is 1.51. The molecule has 1 aromatic heterocycles. The van der Waals surface area contributed by atoms with E-state index in [-0.39, 0.29) is 23.6 Å². The average molecular weight is 542 g/mol. The number of amides is 1. The Hall–Kier alpha value is -4.16. The molecule has 0 bridgehead atoms. The van der Waals surface area contributed by atoms with Gasteiger partial charge in [-0.25, -0.2) is 15.8 Å². The summed E-state index contributed by atoms with van der Waals surface area (Å²) < 4.78 is 46.3. The summed E-state index contributed by atoms with van der Waals surface area (Å²) in [5.41, 5.74) is 7.40. The van der Waals surface area contributed by atoms with Crippen molar-refractivity contribution < 1.29 is 22.7 Å². The molecular formula is C27H30F3N7O2. The van der Waals surface area contributed by atoms with Crippen LogP contribution in [-0.2, 0) is 6.18 Å². The van der Waals surface area contributed by atoms with E-state index in [0.717, 1.165) is 43.6 Å². The number of hydrogen-bond donors (Lipinski definition) is 3. The molecule has 2 aromatic carbocycles. The molecule has 5 N–H and O–H groups in total. The third kappa shape index (κ3) is 7.45. The Bertz CT molecular complexity index is 1330. The molecule has 0 spiro atoms. The van der Waals surface area contributed by atoms with E-state index >= 15 is 0 Å². The van der Waals surface area contributed by atoms with E-state index in [9.17, 15) is 18.0 Å². The van der Waals surface area contributed by atoms with Crippen LogP contribution in [0, 0.1) is 6.92 Å². The van der Waals surface area contributed by atoms with Gasteiger partial charge in [-0.2, -0.15) is 13.2 Å². The number of halogens is 3. The summed E-state index contributed by atoms with van der Waals surface area (Å²) in [6, 6.07) is 7.95. The summed E-state index contributed by atoms with van der Waals surface area (Å²) in [6.07, 6.45) is 3.49. The molecule has 39 heavy (non-hydrogen) atoms. The number of hydrazine groups is 1. The lowest BCUT2D eigenvalue weighted by Gasteiger charge is -2.19. The summed E-state index contributed by atoms with van der Waals surface area (Å²) in [7, 11) is 0. The van der Waals surface area contributed by atoms with E-state index in [1.54, 1.807) is 19.1 Å². The average Bonchev–Trinajstić information content (AvgIpc) is 3.42. The number of aromatic nitrogens is 2.